The van der Waals surface area contributed by atoms with Gasteiger partial charge in [0.1, 0.15) is 6.04 Å². The lowest BCUT2D eigenvalue weighted by Crippen LogP contribution is -2.34. The van der Waals surface area contributed by atoms with Gasteiger partial charge in [-0.2, -0.15) is 0 Å². The summed E-state index contributed by atoms with van der Waals surface area (Å²) in [6, 6.07) is -1.05. The highest BCUT2D eigenvalue weighted by Crippen LogP contribution is 2.12. The summed E-state index contributed by atoms with van der Waals surface area (Å²) in [5, 5.41) is 8.70. The van der Waals surface area contributed by atoms with Gasteiger partial charge in [0.05, 0.1) is 19.8 Å². The molecule has 7 nitrogen and oxygen atoms in total. The van der Waals surface area contributed by atoms with Crippen LogP contribution in [-0.4, -0.2) is 66.8 Å². The predicted molar refractivity (Wildman–Crippen MR) is 57.9 cm³/mol. The largest absolute Gasteiger partial charge is 0.394 e. The van der Waals surface area contributed by atoms with Crippen LogP contribution in [0.3, 0.4) is 0 Å². The molecule has 0 aromatic carbocycles. The molecular weight excluding hydrogens is 228 g/mol. The van der Waals surface area contributed by atoms with Crippen LogP contribution in [0.1, 0.15) is 12.8 Å². The van der Waals surface area contributed by atoms with Crippen molar-refractivity contribution in [3.8, 4) is 0 Å². The summed E-state index contributed by atoms with van der Waals surface area (Å²) in [7, 11) is 2.89. The molecule has 0 radical (unpaired) electrons. The number of amides is 3. The lowest BCUT2D eigenvalue weighted by Gasteiger charge is -2.12. The van der Waals surface area contributed by atoms with Gasteiger partial charge in [0.2, 0.25) is 0 Å². The van der Waals surface area contributed by atoms with Crippen LogP contribution in [0.25, 0.3) is 0 Å². The van der Waals surface area contributed by atoms with Crippen LogP contribution in [0.5, 0.6) is 0 Å². The van der Waals surface area contributed by atoms with Gasteiger partial charge >= 0.3 is 6.03 Å². The van der Waals surface area contributed by atoms with E-state index < -0.39 is 6.04 Å². The van der Waals surface area contributed by atoms with Crippen LogP contribution in [0.15, 0.2) is 0 Å². The van der Waals surface area contributed by atoms with E-state index in [-0.39, 0.29) is 18.5 Å². The van der Waals surface area contributed by atoms with Crippen LogP contribution in [0.2, 0.25) is 0 Å². The van der Waals surface area contributed by atoms with Crippen molar-refractivity contribution in [3.63, 3.8) is 0 Å². The van der Waals surface area contributed by atoms with E-state index in [0.717, 1.165) is 31.0 Å². The van der Waals surface area contributed by atoms with Gasteiger partial charge in [-0.15, -0.1) is 0 Å². The molecule has 3 amide bonds. The first-order valence-electron chi connectivity index (χ1n) is 5.49. The molecule has 2 saturated heterocycles. The molecule has 0 aromatic rings. The summed E-state index contributed by atoms with van der Waals surface area (Å²) in [5.74, 6) is -0.347. The second kappa shape index (κ2) is 6.53. The van der Waals surface area contributed by atoms with Crippen molar-refractivity contribution >= 4 is 11.9 Å². The first-order valence-corrected chi connectivity index (χ1v) is 5.49. The number of likely N-dealkylation sites (N-methyl/N-ethyl adjacent to an activating group) is 2. The zero-order chi connectivity index (χ0) is 12.8. The Balaban J connectivity index is 0.000000202. The Morgan fingerprint density at radius 2 is 1.76 bits per heavy atom. The minimum atomic E-state index is -0.688. The van der Waals surface area contributed by atoms with E-state index in [1.54, 1.807) is 0 Å². The van der Waals surface area contributed by atoms with Gasteiger partial charge in [-0.05, 0) is 12.8 Å². The van der Waals surface area contributed by atoms with Crippen molar-refractivity contribution in [1.82, 2.24) is 9.80 Å². The topological polar surface area (TPSA) is 79.3 Å². The molecule has 17 heavy (non-hydrogen) atoms. The Kier molecular flexibility index (Phi) is 5.33. The van der Waals surface area contributed by atoms with Crippen molar-refractivity contribution in [1.29, 1.82) is 0 Å². The standard InChI is InChI=1S/C6H10N2O3.C4H8O2/c1-7-4(3-9)5(10)8(2)6(7)11;1-2-4-6-5-3-1/h4,9H,3H2,1-2H3;1-4H2. The smallest absolute Gasteiger partial charge is 0.326 e. The summed E-state index contributed by atoms with van der Waals surface area (Å²) >= 11 is 0. The number of urea groups is 1. The van der Waals surface area contributed by atoms with Crippen molar-refractivity contribution in [2.24, 2.45) is 0 Å². The molecule has 2 heterocycles. The fourth-order valence-electron chi connectivity index (χ4n) is 1.49. The van der Waals surface area contributed by atoms with E-state index in [0.29, 0.717) is 0 Å². The SMILES string of the molecule is C1CCOOC1.CN1C(=O)C(CO)N(C)C1=O. The number of hydrogen-bond donors (Lipinski definition) is 1. The molecule has 0 saturated carbocycles. The van der Waals surface area contributed by atoms with Crippen molar-refractivity contribution in [3.05, 3.63) is 0 Å². The molecule has 98 valence electrons. The molecule has 2 aliphatic rings. The molecule has 0 aliphatic carbocycles. The minimum Gasteiger partial charge on any atom is -0.394 e. The number of carbonyl (C=O) groups is 2. The highest BCUT2D eigenvalue weighted by Gasteiger charge is 2.39. The van der Waals surface area contributed by atoms with E-state index in [2.05, 4.69) is 9.78 Å². The Labute approximate surface area is 99.8 Å². The predicted octanol–water partition coefficient (Wildman–Crippen LogP) is -0.400. The number of imide groups is 1. The first kappa shape index (κ1) is 13.9. The van der Waals surface area contributed by atoms with Gasteiger partial charge in [-0.25, -0.2) is 14.6 Å². The highest BCUT2D eigenvalue weighted by atomic mass is 17.2. The molecule has 1 atom stereocenters. The van der Waals surface area contributed by atoms with Gasteiger partial charge in [0, 0.05) is 14.1 Å². The van der Waals surface area contributed by atoms with Crippen molar-refractivity contribution < 1.29 is 24.5 Å². The fraction of sp³-hybridized carbons (Fsp3) is 0.800. The number of rotatable bonds is 1. The van der Waals surface area contributed by atoms with Crippen LogP contribution >= 0.6 is 0 Å². The molecule has 2 rings (SSSR count). The van der Waals surface area contributed by atoms with Crippen LogP contribution < -0.4 is 0 Å². The van der Waals surface area contributed by atoms with Crippen LogP contribution in [-0.2, 0) is 14.6 Å². The maximum Gasteiger partial charge on any atom is 0.326 e. The Morgan fingerprint density at radius 3 is 1.94 bits per heavy atom. The molecule has 0 spiro atoms. The zero-order valence-corrected chi connectivity index (χ0v) is 10.1. The summed E-state index contributed by atoms with van der Waals surface area (Å²) in [4.78, 5) is 33.4. The number of carbonyl (C=O) groups excluding carboxylic acids is 2. The number of hydrogen-bond acceptors (Lipinski definition) is 5. The molecule has 2 aliphatic heterocycles. The van der Waals surface area contributed by atoms with E-state index in [1.165, 1.54) is 19.0 Å². The summed E-state index contributed by atoms with van der Waals surface area (Å²) < 4.78 is 0. The normalized spacial score (nSPS) is 24.8. The summed E-state index contributed by atoms with van der Waals surface area (Å²) in [5.41, 5.74) is 0. The van der Waals surface area contributed by atoms with Crippen LogP contribution in [0.4, 0.5) is 4.79 Å². The minimum absolute atomic E-state index is 0.314. The maximum absolute atomic E-state index is 11.1. The first-order chi connectivity index (χ1) is 8.09. The van der Waals surface area contributed by atoms with Gasteiger partial charge in [-0.1, -0.05) is 0 Å². The zero-order valence-electron chi connectivity index (χ0n) is 10.1. The van der Waals surface area contributed by atoms with Gasteiger partial charge in [0.15, 0.2) is 0 Å². The molecule has 0 bridgehead atoms. The third kappa shape index (κ3) is 3.39. The van der Waals surface area contributed by atoms with Gasteiger partial charge in [-0.3, -0.25) is 9.69 Å². The average Bonchev–Trinajstić information content (AvgIpc) is 2.57. The lowest BCUT2D eigenvalue weighted by atomic mass is 10.3. The van der Waals surface area contributed by atoms with Crippen molar-refractivity contribution in [2.45, 2.75) is 18.9 Å². The van der Waals surface area contributed by atoms with E-state index >= 15 is 0 Å². The fourth-order valence-corrected chi connectivity index (χ4v) is 1.49. The summed E-state index contributed by atoms with van der Waals surface area (Å²) in [6.07, 6.45) is 2.31. The monoisotopic (exact) mass is 246 g/mol. The number of aliphatic hydroxyl groups is 1. The Morgan fingerprint density at radius 1 is 1.24 bits per heavy atom. The van der Waals surface area contributed by atoms with E-state index in [9.17, 15) is 9.59 Å². The molecular formula is C10H18N2O5. The Hall–Kier alpha value is -1.18. The number of aliphatic hydroxyl groups excluding tert-OH is 1. The van der Waals surface area contributed by atoms with E-state index in [4.69, 9.17) is 5.11 Å². The second-order valence-corrected chi connectivity index (χ2v) is 3.84. The quantitative estimate of drug-likeness (QED) is 0.503. The molecule has 7 heteroatoms. The second-order valence-electron chi connectivity index (χ2n) is 3.84. The highest BCUT2D eigenvalue weighted by molar-refractivity contribution is 6.03. The molecule has 2 fully saturated rings. The van der Waals surface area contributed by atoms with Gasteiger partial charge in [0.25, 0.3) is 5.91 Å². The van der Waals surface area contributed by atoms with Gasteiger partial charge < -0.3 is 10.0 Å². The lowest BCUT2D eigenvalue weighted by molar-refractivity contribution is -0.312. The molecule has 1 unspecified atom stereocenters. The van der Waals surface area contributed by atoms with Crippen LogP contribution in [0, 0.1) is 0 Å². The third-order valence-electron chi connectivity index (χ3n) is 2.63. The third-order valence-corrected chi connectivity index (χ3v) is 2.63. The maximum atomic E-state index is 11.1. The molecule has 1 N–H and O–H groups in total. The summed E-state index contributed by atoms with van der Waals surface area (Å²) in [6.45, 7) is 1.24. The number of nitrogens with zero attached hydrogens (tertiary/aromatic N) is 2. The van der Waals surface area contributed by atoms with E-state index in [1.807, 2.05) is 0 Å². The average molecular weight is 246 g/mol. The molecule has 0 aromatic heterocycles. The Bertz CT molecular complexity index is 268. The van der Waals surface area contributed by atoms with Crippen molar-refractivity contribution in [2.75, 3.05) is 33.9 Å².